The Labute approximate surface area is 132 Å². The summed E-state index contributed by atoms with van der Waals surface area (Å²) in [7, 11) is 0. The van der Waals surface area contributed by atoms with E-state index >= 15 is 0 Å². The lowest BCUT2D eigenvalue weighted by atomic mass is 9.87. The van der Waals surface area contributed by atoms with Crippen molar-refractivity contribution in [3.8, 4) is 0 Å². The largest absolute Gasteiger partial charge is 0.338 e. The summed E-state index contributed by atoms with van der Waals surface area (Å²) in [5, 5.41) is 5.70. The molecule has 0 unspecified atom stereocenters. The number of hydrogen-bond donors (Lipinski definition) is 2. The van der Waals surface area contributed by atoms with Crippen LogP contribution < -0.4 is 10.6 Å². The molecule has 0 aliphatic heterocycles. The minimum Gasteiger partial charge on any atom is -0.338 e. The number of carbonyl (C=O) groups is 1. The quantitative estimate of drug-likeness (QED) is 0.903. The van der Waals surface area contributed by atoms with E-state index in [4.69, 9.17) is 0 Å². The first-order chi connectivity index (χ1) is 10.4. The first-order valence-electron chi connectivity index (χ1n) is 7.49. The monoisotopic (exact) mass is 297 g/mol. The van der Waals surface area contributed by atoms with E-state index < -0.39 is 0 Å². The van der Waals surface area contributed by atoms with Crippen LogP contribution in [0.1, 0.15) is 31.9 Å². The Morgan fingerprint density at radius 1 is 1.05 bits per heavy atom. The van der Waals surface area contributed by atoms with Crippen molar-refractivity contribution in [2.24, 2.45) is 0 Å². The number of benzene rings is 1. The molecular formula is C18H23N3O. The van der Waals surface area contributed by atoms with Gasteiger partial charge in [0.25, 0.3) is 0 Å². The van der Waals surface area contributed by atoms with Gasteiger partial charge < -0.3 is 10.6 Å². The summed E-state index contributed by atoms with van der Waals surface area (Å²) in [5.41, 5.74) is 3.32. The Bertz CT molecular complexity index is 600. The average Bonchev–Trinajstić information content (AvgIpc) is 2.48. The number of hydrogen-bond acceptors (Lipinski definition) is 2. The second kappa shape index (κ2) is 7.07. The van der Waals surface area contributed by atoms with Crippen molar-refractivity contribution in [3.05, 3.63) is 59.9 Å². The van der Waals surface area contributed by atoms with Crippen LogP contribution in [0.4, 0.5) is 10.5 Å². The van der Waals surface area contributed by atoms with Crippen LogP contribution in [0, 0.1) is 0 Å². The summed E-state index contributed by atoms with van der Waals surface area (Å²) in [5.74, 6) is 0. The van der Waals surface area contributed by atoms with Crippen LogP contribution >= 0.6 is 0 Å². The second-order valence-electron chi connectivity index (χ2n) is 6.31. The molecule has 2 rings (SSSR count). The maximum atomic E-state index is 11.8. The molecule has 4 heteroatoms. The fourth-order valence-electron chi connectivity index (χ4n) is 2.10. The van der Waals surface area contributed by atoms with Crippen LogP contribution in [0.25, 0.3) is 0 Å². The first kappa shape index (κ1) is 16.0. The number of urea groups is 1. The summed E-state index contributed by atoms with van der Waals surface area (Å²) >= 11 is 0. The van der Waals surface area contributed by atoms with Gasteiger partial charge >= 0.3 is 6.03 Å². The lowest BCUT2D eigenvalue weighted by molar-refractivity contribution is 0.252. The SMILES string of the molecule is CC(C)(C)c1ccc(NC(=O)NCCc2ccncc2)cc1. The van der Waals surface area contributed by atoms with Crippen LogP contribution in [-0.2, 0) is 11.8 Å². The van der Waals surface area contributed by atoms with Gasteiger partial charge in [-0.05, 0) is 47.2 Å². The Morgan fingerprint density at radius 3 is 2.27 bits per heavy atom. The predicted molar refractivity (Wildman–Crippen MR) is 90.1 cm³/mol. The van der Waals surface area contributed by atoms with E-state index in [1.807, 2.05) is 36.4 Å². The molecule has 4 nitrogen and oxygen atoms in total. The van der Waals surface area contributed by atoms with E-state index in [1.54, 1.807) is 12.4 Å². The van der Waals surface area contributed by atoms with Crippen molar-refractivity contribution in [2.75, 3.05) is 11.9 Å². The Hall–Kier alpha value is -2.36. The molecule has 0 saturated carbocycles. The lowest BCUT2D eigenvalue weighted by Gasteiger charge is -2.19. The number of pyridine rings is 1. The highest BCUT2D eigenvalue weighted by Gasteiger charge is 2.13. The Morgan fingerprint density at radius 2 is 1.68 bits per heavy atom. The number of rotatable bonds is 4. The van der Waals surface area contributed by atoms with Crippen molar-refractivity contribution in [1.82, 2.24) is 10.3 Å². The molecule has 0 aliphatic rings. The fraction of sp³-hybridized carbons (Fsp3) is 0.333. The predicted octanol–water partition coefficient (Wildman–Crippen LogP) is 3.74. The molecule has 1 aromatic heterocycles. The number of anilines is 1. The Balaban J connectivity index is 1.79. The van der Waals surface area contributed by atoms with Gasteiger partial charge in [-0.25, -0.2) is 4.79 Å². The van der Waals surface area contributed by atoms with Crippen molar-refractivity contribution in [3.63, 3.8) is 0 Å². The summed E-state index contributed by atoms with van der Waals surface area (Å²) in [6.45, 7) is 7.10. The third-order valence-corrected chi connectivity index (χ3v) is 3.46. The zero-order chi connectivity index (χ0) is 16.0. The summed E-state index contributed by atoms with van der Waals surface area (Å²) in [4.78, 5) is 15.8. The molecule has 0 spiro atoms. The van der Waals surface area contributed by atoms with E-state index in [2.05, 4.69) is 36.4 Å². The van der Waals surface area contributed by atoms with Crippen LogP contribution in [0.3, 0.4) is 0 Å². The molecule has 1 heterocycles. The fourth-order valence-corrected chi connectivity index (χ4v) is 2.10. The highest BCUT2D eigenvalue weighted by Crippen LogP contribution is 2.23. The highest BCUT2D eigenvalue weighted by atomic mass is 16.2. The molecule has 2 aromatic rings. The zero-order valence-electron chi connectivity index (χ0n) is 13.4. The van der Waals surface area contributed by atoms with Crippen LogP contribution in [0.2, 0.25) is 0 Å². The number of carbonyl (C=O) groups excluding carboxylic acids is 1. The highest BCUT2D eigenvalue weighted by molar-refractivity contribution is 5.89. The lowest BCUT2D eigenvalue weighted by Crippen LogP contribution is -2.30. The van der Waals surface area contributed by atoms with Gasteiger partial charge in [-0.15, -0.1) is 0 Å². The Kier molecular flexibility index (Phi) is 5.15. The number of nitrogens with zero attached hydrogens (tertiary/aromatic N) is 1. The molecule has 1 aromatic carbocycles. The molecule has 0 atom stereocenters. The zero-order valence-corrected chi connectivity index (χ0v) is 13.4. The normalized spacial score (nSPS) is 11.0. The number of nitrogens with one attached hydrogen (secondary N) is 2. The minimum absolute atomic E-state index is 0.116. The van der Waals surface area contributed by atoms with Crippen LogP contribution in [0.5, 0.6) is 0 Å². The van der Waals surface area contributed by atoms with Gasteiger partial charge in [0.15, 0.2) is 0 Å². The van der Waals surface area contributed by atoms with Crippen molar-refractivity contribution in [2.45, 2.75) is 32.6 Å². The van der Waals surface area contributed by atoms with E-state index in [0.717, 1.165) is 17.7 Å². The first-order valence-corrected chi connectivity index (χ1v) is 7.49. The van der Waals surface area contributed by atoms with E-state index in [1.165, 1.54) is 5.56 Å². The smallest absolute Gasteiger partial charge is 0.319 e. The molecule has 0 bridgehead atoms. The molecule has 0 aliphatic carbocycles. The third-order valence-electron chi connectivity index (χ3n) is 3.46. The van der Waals surface area contributed by atoms with Gasteiger partial charge in [-0.2, -0.15) is 0 Å². The van der Waals surface area contributed by atoms with E-state index in [-0.39, 0.29) is 11.4 Å². The van der Waals surface area contributed by atoms with Crippen LogP contribution in [0.15, 0.2) is 48.8 Å². The van der Waals surface area contributed by atoms with E-state index in [9.17, 15) is 4.79 Å². The minimum atomic E-state index is -0.183. The van der Waals surface area contributed by atoms with Gasteiger partial charge in [-0.3, -0.25) is 4.98 Å². The summed E-state index contributed by atoms with van der Waals surface area (Å²) < 4.78 is 0. The van der Waals surface area contributed by atoms with Gasteiger partial charge in [0, 0.05) is 24.6 Å². The second-order valence-corrected chi connectivity index (χ2v) is 6.31. The van der Waals surface area contributed by atoms with Crippen molar-refractivity contribution >= 4 is 11.7 Å². The molecule has 2 N–H and O–H groups in total. The molecule has 116 valence electrons. The van der Waals surface area contributed by atoms with Gasteiger partial charge in [0.1, 0.15) is 0 Å². The third kappa shape index (κ3) is 4.88. The number of amides is 2. The van der Waals surface area contributed by atoms with Gasteiger partial charge in [-0.1, -0.05) is 32.9 Å². The number of aromatic nitrogens is 1. The maximum Gasteiger partial charge on any atom is 0.319 e. The molecular weight excluding hydrogens is 274 g/mol. The molecule has 0 saturated heterocycles. The summed E-state index contributed by atoms with van der Waals surface area (Å²) in [6, 6.07) is 11.7. The standard InChI is InChI=1S/C18H23N3O/c1-18(2,3)15-4-6-16(7-5-15)21-17(22)20-13-10-14-8-11-19-12-9-14/h4-9,11-12H,10,13H2,1-3H3,(H2,20,21,22). The average molecular weight is 297 g/mol. The van der Waals surface area contributed by atoms with E-state index in [0.29, 0.717) is 6.54 Å². The topological polar surface area (TPSA) is 54.0 Å². The molecule has 0 fully saturated rings. The summed E-state index contributed by atoms with van der Waals surface area (Å²) in [6.07, 6.45) is 4.30. The molecule has 2 amide bonds. The van der Waals surface area contributed by atoms with Crippen LogP contribution in [-0.4, -0.2) is 17.6 Å². The van der Waals surface area contributed by atoms with Gasteiger partial charge in [0.2, 0.25) is 0 Å². The molecule has 0 radical (unpaired) electrons. The maximum absolute atomic E-state index is 11.8. The molecule has 22 heavy (non-hydrogen) atoms. The van der Waals surface area contributed by atoms with Crippen molar-refractivity contribution in [1.29, 1.82) is 0 Å². The van der Waals surface area contributed by atoms with Crippen molar-refractivity contribution < 1.29 is 4.79 Å². The van der Waals surface area contributed by atoms with Gasteiger partial charge in [0.05, 0.1) is 0 Å².